The number of amides is 1. The second-order valence-corrected chi connectivity index (χ2v) is 7.26. The van der Waals surface area contributed by atoms with Crippen LogP contribution in [0.3, 0.4) is 0 Å². The van der Waals surface area contributed by atoms with E-state index in [1.165, 1.54) is 7.11 Å². The highest BCUT2D eigenvalue weighted by Crippen LogP contribution is 2.40. The van der Waals surface area contributed by atoms with Gasteiger partial charge >= 0.3 is 0 Å². The molecule has 0 fully saturated rings. The van der Waals surface area contributed by atoms with Crippen molar-refractivity contribution in [1.82, 2.24) is 0 Å². The van der Waals surface area contributed by atoms with Crippen LogP contribution in [0.2, 0.25) is 0 Å². The number of methoxy groups -OCH3 is 3. The molecule has 0 saturated carbocycles. The Hall–Kier alpha value is -4.59. The van der Waals surface area contributed by atoms with Crippen LogP contribution in [0.15, 0.2) is 83.0 Å². The topological polar surface area (TPSA) is 102 Å². The summed E-state index contributed by atoms with van der Waals surface area (Å²) in [5.74, 6) is 0.908. The first-order valence-corrected chi connectivity index (χ1v) is 10.4. The van der Waals surface area contributed by atoms with E-state index in [2.05, 4.69) is 15.5 Å². The van der Waals surface area contributed by atoms with Crippen molar-refractivity contribution >= 4 is 33.7 Å². The van der Waals surface area contributed by atoms with Crippen LogP contribution in [0.1, 0.15) is 10.4 Å². The number of phenolic OH excluding ortho intramolecular Hbond substituents is 1. The molecule has 4 rings (SSSR count). The maximum Gasteiger partial charge on any atom is 0.259 e. The number of benzene rings is 4. The van der Waals surface area contributed by atoms with Crippen LogP contribution in [0.4, 0.5) is 17.1 Å². The number of rotatable bonds is 7. The molecule has 0 radical (unpaired) electrons. The molecule has 0 heterocycles. The van der Waals surface area contributed by atoms with Crippen molar-refractivity contribution < 1.29 is 24.1 Å². The van der Waals surface area contributed by atoms with Gasteiger partial charge < -0.3 is 24.6 Å². The molecule has 172 valence electrons. The number of anilines is 1. The number of hydrogen-bond donors (Lipinski definition) is 2. The number of carbonyl (C=O) groups excluding carboxylic acids is 1. The van der Waals surface area contributed by atoms with E-state index < -0.39 is 5.91 Å². The van der Waals surface area contributed by atoms with Crippen molar-refractivity contribution in [3.05, 3.63) is 78.4 Å². The average molecular weight is 457 g/mol. The highest BCUT2D eigenvalue weighted by Gasteiger charge is 2.20. The van der Waals surface area contributed by atoms with Gasteiger partial charge in [0, 0.05) is 11.5 Å². The molecule has 2 N–H and O–H groups in total. The largest absolute Gasteiger partial charge is 0.505 e. The van der Waals surface area contributed by atoms with Gasteiger partial charge in [0.05, 0.1) is 38.3 Å². The Labute approximate surface area is 196 Å². The van der Waals surface area contributed by atoms with Gasteiger partial charge in [-0.1, -0.05) is 24.3 Å². The van der Waals surface area contributed by atoms with E-state index in [1.807, 2.05) is 24.3 Å². The lowest BCUT2D eigenvalue weighted by Crippen LogP contribution is -2.13. The summed E-state index contributed by atoms with van der Waals surface area (Å²) in [6, 6.07) is 21.0. The molecule has 4 aromatic rings. The van der Waals surface area contributed by atoms with Crippen molar-refractivity contribution in [3.8, 4) is 23.0 Å². The van der Waals surface area contributed by atoms with Crippen LogP contribution in [0.25, 0.3) is 10.8 Å². The zero-order valence-electron chi connectivity index (χ0n) is 18.9. The van der Waals surface area contributed by atoms with Gasteiger partial charge in [0.25, 0.3) is 5.91 Å². The fourth-order valence-electron chi connectivity index (χ4n) is 3.44. The summed E-state index contributed by atoms with van der Waals surface area (Å²) in [4.78, 5) is 13.2. The number of azo groups is 1. The molecule has 0 aromatic heterocycles. The minimum Gasteiger partial charge on any atom is -0.505 e. The molecular weight excluding hydrogens is 434 g/mol. The smallest absolute Gasteiger partial charge is 0.259 e. The summed E-state index contributed by atoms with van der Waals surface area (Å²) in [7, 11) is 4.62. The minimum absolute atomic E-state index is 0.0558. The average Bonchev–Trinajstić information content (AvgIpc) is 2.88. The van der Waals surface area contributed by atoms with Crippen LogP contribution in [0, 0.1) is 0 Å². The summed E-state index contributed by atoms with van der Waals surface area (Å²) in [5.41, 5.74) is 1.25. The van der Waals surface area contributed by atoms with E-state index in [0.29, 0.717) is 34.0 Å². The standard InChI is InChI=1S/C26H23N3O5/c1-32-18-10-8-17(9-11-18)28-29-24-20-7-5-4-6-16(20)14-21(25(24)30)26(31)27-22-13-12-19(33-2)15-23(22)34-3/h4-15,30H,1-3H3,(H,27,31). The van der Waals surface area contributed by atoms with Gasteiger partial charge in [-0.15, -0.1) is 5.11 Å². The molecule has 4 aromatic carbocycles. The predicted octanol–water partition coefficient (Wildman–Crippen LogP) is 6.24. The third kappa shape index (κ3) is 4.61. The highest BCUT2D eigenvalue weighted by molar-refractivity contribution is 6.12. The molecular formula is C26H23N3O5. The maximum absolute atomic E-state index is 13.2. The molecule has 8 heteroatoms. The summed E-state index contributed by atoms with van der Waals surface area (Å²) in [5, 5.41) is 23.7. The molecule has 0 spiro atoms. The lowest BCUT2D eigenvalue weighted by Gasteiger charge is -2.14. The van der Waals surface area contributed by atoms with Crippen LogP contribution in [-0.4, -0.2) is 32.3 Å². The Morgan fingerprint density at radius 3 is 2.24 bits per heavy atom. The molecule has 0 bridgehead atoms. The Morgan fingerprint density at radius 2 is 1.53 bits per heavy atom. The lowest BCUT2D eigenvalue weighted by molar-refractivity contribution is 0.102. The first kappa shape index (κ1) is 22.6. The maximum atomic E-state index is 13.2. The molecule has 8 nitrogen and oxygen atoms in total. The third-order valence-corrected chi connectivity index (χ3v) is 5.23. The van der Waals surface area contributed by atoms with Gasteiger partial charge in [0.1, 0.15) is 22.9 Å². The fourth-order valence-corrected chi connectivity index (χ4v) is 3.44. The van der Waals surface area contributed by atoms with Crippen LogP contribution < -0.4 is 19.5 Å². The molecule has 34 heavy (non-hydrogen) atoms. The Kier molecular flexibility index (Phi) is 6.59. The van der Waals surface area contributed by atoms with Gasteiger partial charge in [0.2, 0.25) is 0 Å². The third-order valence-electron chi connectivity index (χ3n) is 5.23. The van der Waals surface area contributed by atoms with Crippen molar-refractivity contribution in [1.29, 1.82) is 0 Å². The van der Waals surface area contributed by atoms with E-state index in [4.69, 9.17) is 14.2 Å². The molecule has 0 aliphatic carbocycles. The van der Waals surface area contributed by atoms with Crippen molar-refractivity contribution in [2.45, 2.75) is 0 Å². The van der Waals surface area contributed by atoms with E-state index in [0.717, 1.165) is 5.39 Å². The number of phenols is 1. The first-order chi connectivity index (χ1) is 16.5. The number of hydrogen-bond acceptors (Lipinski definition) is 7. The molecule has 1 amide bonds. The van der Waals surface area contributed by atoms with Gasteiger partial charge in [0.15, 0.2) is 5.75 Å². The summed E-state index contributed by atoms with van der Waals surface area (Å²) >= 11 is 0. The number of nitrogens with one attached hydrogen (secondary N) is 1. The molecule has 0 aliphatic heterocycles. The SMILES string of the molecule is COc1ccc(N=Nc2c(O)c(C(=O)Nc3ccc(OC)cc3OC)cc3ccccc23)cc1. The Balaban J connectivity index is 1.73. The molecule has 0 aliphatic rings. The van der Waals surface area contributed by atoms with Crippen molar-refractivity contribution in [2.75, 3.05) is 26.6 Å². The highest BCUT2D eigenvalue weighted by atomic mass is 16.5. The lowest BCUT2D eigenvalue weighted by atomic mass is 10.0. The van der Waals surface area contributed by atoms with Gasteiger partial charge in [-0.25, -0.2) is 0 Å². The number of aromatic hydroxyl groups is 1. The zero-order chi connectivity index (χ0) is 24.1. The number of carbonyl (C=O) groups is 1. The minimum atomic E-state index is -0.521. The predicted molar refractivity (Wildman–Crippen MR) is 130 cm³/mol. The van der Waals surface area contributed by atoms with E-state index in [9.17, 15) is 9.90 Å². The fraction of sp³-hybridized carbons (Fsp3) is 0.115. The second kappa shape index (κ2) is 9.91. The Bertz CT molecular complexity index is 1370. The number of ether oxygens (including phenoxy) is 3. The molecule has 0 saturated heterocycles. The zero-order valence-corrected chi connectivity index (χ0v) is 18.9. The molecule has 0 unspecified atom stereocenters. The van der Waals surface area contributed by atoms with Gasteiger partial charge in [-0.2, -0.15) is 5.11 Å². The number of fused-ring (bicyclic) bond motifs is 1. The molecule has 0 atom stereocenters. The van der Waals surface area contributed by atoms with Crippen LogP contribution in [0.5, 0.6) is 23.0 Å². The Morgan fingerprint density at radius 1 is 0.824 bits per heavy atom. The summed E-state index contributed by atoms with van der Waals surface area (Å²) < 4.78 is 15.7. The monoisotopic (exact) mass is 457 g/mol. The number of nitrogens with zero attached hydrogens (tertiary/aromatic N) is 2. The summed E-state index contributed by atoms with van der Waals surface area (Å²) in [6.45, 7) is 0. The van der Waals surface area contributed by atoms with E-state index in [1.54, 1.807) is 62.8 Å². The van der Waals surface area contributed by atoms with E-state index >= 15 is 0 Å². The normalized spacial score (nSPS) is 10.9. The first-order valence-electron chi connectivity index (χ1n) is 10.4. The van der Waals surface area contributed by atoms with Crippen LogP contribution in [-0.2, 0) is 0 Å². The van der Waals surface area contributed by atoms with E-state index in [-0.39, 0.29) is 17.0 Å². The van der Waals surface area contributed by atoms with Gasteiger partial charge in [-0.05, 0) is 47.9 Å². The second-order valence-electron chi connectivity index (χ2n) is 7.26. The van der Waals surface area contributed by atoms with Gasteiger partial charge in [-0.3, -0.25) is 4.79 Å². The van der Waals surface area contributed by atoms with Crippen molar-refractivity contribution in [3.63, 3.8) is 0 Å². The summed E-state index contributed by atoms with van der Waals surface area (Å²) in [6.07, 6.45) is 0. The van der Waals surface area contributed by atoms with Crippen LogP contribution >= 0.6 is 0 Å². The van der Waals surface area contributed by atoms with Crippen molar-refractivity contribution in [2.24, 2.45) is 10.2 Å². The quantitative estimate of drug-likeness (QED) is 0.320.